The first-order valence-corrected chi connectivity index (χ1v) is 9.07. The van der Waals surface area contributed by atoms with Crippen LogP contribution in [0.25, 0.3) is 11.1 Å². The Morgan fingerprint density at radius 2 is 1.92 bits per heavy atom. The second-order valence-corrected chi connectivity index (χ2v) is 7.19. The minimum absolute atomic E-state index is 0.662. The maximum Gasteiger partial charge on any atom is 0.314 e. The molecule has 25 heavy (non-hydrogen) atoms. The molecule has 1 saturated carbocycles. The fourth-order valence-electron chi connectivity index (χ4n) is 2.90. The number of carboxylic acid groups (broad SMARTS) is 1. The summed E-state index contributed by atoms with van der Waals surface area (Å²) >= 11 is 1.61. The molecule has 0 atom stereocenters. The van der Waals surface area contributed by atoms with Gasteiger partial charge in [0.05, 0.1) is 16.0 Å². The molecule has 1 aliphatic rings. The smallest absolute Gasteiger partial charge is 0.314 e. The highest BCUT2D eigenvalue weighted by atomic mass is 32.1. The molecule has 1 aromatic heterocycles. The number of hydrogen-bond donors (Lipinski definition) is 2. The molecule has 0 amide bonds. The van der Waals surface area contributed by atoms with Crippen LogP contribution in [-0.2, 0) is 10.2 Å². The Hall–Kier alpha value is -2.59. The molecule has 4 heteroatoms. The van der Waals surface area contributed by atoms with Crippen molar-refractivity contribution in [2.75, 3.05) is 5.73 Å². The molecule has 1 fully saturated rings. The fourth-order valence-corrected chi connectivity index (χ4v) is 3.77. The lowest BCUT2D eigenvalue weighted by atomic mass is 9.94. The van der Waals surface area contributed by atoms with Crippen LogP contribution in [0.4, 0.5) is 5.69 Å². The van der Waals surface area contributed by atoms with Crippen molar-refractivity contribution >= 4 is 34.1 Å². The van der Waals surface area contributed by atoms with Gasteiger partial charge in [0, 0.05) is 0 Å². The van der Waals surface area contributed by atoms with Gasteiger partial charge in [-0.2, -0.15) is 0 Å². The zero-order valence-corrected chi connectivity index (χ0v) is 15.0. The third kappa shape index (κ3) is 3.30. The van der Waals surface area contributed by atoms with Gasteiger partial charge in [0.2, 0.25) is 0 Å². The Balaban J connectivity index is 1.75. The van der Waals surface area contributed by atoms with Gasteiger partial charge in [-0.25, -0.2) is 0 Å². The standard InChI is InChI=1S/C21H21NO2S/c1-3-15(19-18(22)10-13-25-19)5-4-14(2)16-6-8-17(9-7-16)21(11-12-21)20(23)24/h3-10,13H,2,11-12,22H2,1H3,(H,23,24)/b5-4-,15-3+. The molecule has 128 valence electrons. The minimum Gasteiger partial charge on any atom is -0.481 e. The van der Waals surface area contributed by atoms with Gasteiger partial charge >= 0.3 is 5.97 Å². The monoisotopic (exact) mass is 351 g/mol. The van der Waals surface area contributed by atoms with E-state index in [4.69, 9.17) is 5.73 Å². The molecule has 0 unspecified atom stereocenters. The Bertz CT molecular complexity index is 868. The summed E-state index contributed by atoms with van der Waals surface area (Å²) < 4.78 is 0. The predicted octanol–water partition coefficient (Wildman–Crippen LogP) is 5.12. The normalized spacial score (nSPS) is 16.1. The summed E-state index contributed by atoms with van der Waals surface area (Å²) in [4.78, 5) is 12.5. The van der Waals surface area contributed by atoms with E-state index in [0.717, 1.165) is 45.7 Å². The van der Waals surface area contributed by atoms with Gasteiger partial charge in [0.15, 0.2) is 0 Å². The van der Waals surface area contributed by atoms with Crippen molar-refractivity contribution in [2.45, 2.75) is 25.2 Å². The zero-order valence-electron chi connectivity index (χ0n) is 14.2. The lowest BCUT2D eigenvalue weighted by Crippen LogP contribution is -2.19. The summed E-state index contributed by atoms with van der Waals surface area (Å²) in [5.74, 6) is -0.731. The maximum atomic E-state index is 11.4. The van der Waals surface area contributed by atoms with Gasteiger partial charge in [-0.3, -0.25) is 4.79 Å². The van der Waals surface area contributed by atoms with Crippen LogP contribution in [-0.4, -0.2) is 11.1 Å². The van der Waals surface area contributed by atoms with Gasteiger partial charge in [-0.15, -0.1) is 11.3 Å². The number of rotatable bonds is 6. The molecule has 3 N–H and O–H groups in total. The highest BCUT2D eigenvalue weighted by molar-refractivity contribution is 7.11. The number of benzene rings is 1. The third-order valence-electron chi connectivity index (χ3n) is 4.70. The Morgan fingerprint density at radius 1 is 1.24 bits per heavy atom. The number of carboxylic acids is 1. The second kappa shape index (κ2) is 6.73. The van der Waals surface area contributed by atoms with E-state index >= 15 is 0 Å². The number of nitrogen functional groups attached to an aromatic ring is 1. The molecule has 0 spiro atoms. The van der Waals surface area contributed by atoms with Crippen LogP contribution in [0.2, 0.25) is 0 Å². The predicted molar refractivity (Wildman–Crippen MR) is 106 cm³/mol. The SMILES string of the molecule is C=C(/C=C\C(=C/C)c1sccc1N)c1ccc(C2(C(=O)O)CC2)cc1. The van der Waals surface area contributed by atoms with E-state index in [1.54, 1.807) is 11.3 Å². The second-order valence-electron chi connectivity index (χ2n) is 6.27. The molecule has 1 aromatic carbocycles. The van der Waals surface area contributed by atoms with Crippen LogP contribution in [0, 0.1) is 0 Å². The van der Waals surface area contributed by atoms with E-state index in [0.29, 0.717) is 0 Å². The van der Waals surface area contributed by atoms with Crippen LogP contribution in [0.1, 0.15) is 35.8 Å². The number of carbonyl (C=O) groups is 1. The van der Waals surface area contributed by atoms with Crippen LogP contribution in [0.15, 0.2) is 60.5 Å². The quantitative estimate of drug-likeness (QED) is 0.710. The molecular weight excluding hydrogens is 330 g/mol. The number of anilines is 1. The van der Waals surface area contributed by atoms with Gasteiger partial charge in [-0.05, 0) is 53.5 Å². The van der Waals surface area contributed by atoms with Crippen molar-refractivity contribution in [3.63, 3.8) is 0 Å². The lowest BCUT2D eigenvalue weighted by molar-refractivity contribution is -0.140. The number of aliphatic carboxylic acids is 1. The molecular formula is C21H21NO2S. The summed E-state index contributed by atoms with van der Waals surface area (Å²) in [6, 6.07) is 9.60. The van der Waals surface area contributed by atoms with E-state index in [2.05, 4.69) is 6.58 Å². The minimum atomic E-state index is -0.731. The van der Waals surface area contributed by atoms with Gasteiger partial charge < -0.3 is 10.8 Å². The number of allylic oxidation sites excluding steroid dienone is 5. The first-order chi connectivity index (χ1) is 12.0. The van der Waals surface area contributed by atoms with E-state index in [1.165, 1.54) is 0 Å². The number of nitrogens with two attached hydrogens (primary N) is 1. The topological polar surface area (TPSA) is 63.3 Å². The molecule has 3 nitrogen and oxygen atoms in total. The summed E-state index contributed by atoms with van der Waals surface area (Å²) in [7, 11) is 0. The third-order valence-corrected chi connectivity index (χ3v) is 5.68. The first-order valence-electron chi connectivity index (χ1n) is 8.19. The largest absolute Gasteiger partial charge is 0.481 e. The molecule has 0 saturated heterocycles. The lowest BCUT2D eigenvalue weighted by Gasteiger charge is -2.11. The van der Waals surface area contributed by atoms with Crippen LogP contribution >= 0.6 is 11.3 Å². The van der Waals surface area contributed by atoms with Gasteiger partial charge in [0.1, 0.15) is 0 Å². The van der Waals surface area contributed by atoms with Crippen molar-refractivity contribution in [2.24, 2.45) is 0 Å². The average Bonchev–Trinajstić information content (AvgIpc) is 3.33. The van der Waals surface area contributed by atoms with Gasteiger partial charge in [-0.1, -0.05) is 49.1 Å². The molecule has 1 heterocycles. The molecule has 0 bridgehead atoms. The molecule has 0 radical (unpaired) electrons. The molecule has 0 aliphatic heterocycles. The van der Waals surface area contributed by atoms with Crippen LogP contribution in [0.3, 0.4) is 0 Å². The van der Waals surface area contributed by atoms with Crippen LogP contribution in [0.5, 0.6) is 0 Å². The Labute approximate surface area is 151 Å². The maximum absolute atomic E-state index is 11.4. The summed E-state index contributed by atoms with van der Waals surface area (Å²) in [5, 5.41) is 11.4. The summed E-state index contributed by atoms with van der Waals surface area (Å²) in [6.07, 6.45) is 7.44. The average molecular weight is 351 g/mol. The van der Waals surface area contributed by atoms with Crippen molar-refractivity contribution in [3.8, 4) is 0 Å². The van der Waals surface area contributed by atoms with Gasteiger partial charge in [0.25, 0.3) is 0 Å². The number of thiophene rings is 1. The van der Waals surface area contributed by atoms with E-state index in [1.807, 2.05) is 60.9 Å². The molecule has 1 aliphatic carbocycles. The van der Waals surface area contributed by atoms with E-state index in [9.17, 15) is 9.90 Å². The van der Waals surface area contributed by atoms with Crippen molar-refractivity contribution in [1.29, 1.82) is 0 Å². The zero-order chi connectivity index (χ0) is 18.0. The highest BCUT2D eigenvalue weighted by Crippen LogP contribution is 2.48. The molecule has 3 rings (SSSR count). The van der Waals surface area contributed by atoms with E-state index in [-0.39, 0.29) is 0 Å². The Morgan fingerprint density at radius 3 is 2.40 bits per heavy atom. The van der Waals surface area contributed by atoms with Crippen molar-refractivity contribution < 1.29 is 9.90 Å². The van der Waals surface area contributed by atoms with Crippen molar-refractivity contribution in [3.05, 3.63) is 76.5 Å². The summed E-state index contributed by atoms with van der Waals surface area (Å²) in [5.41, 5.74) is 9.90. The van der Waals surface area contributed by atoms with E-state index < -0.39 is 11.4 Å². The molecule has 2 aromatic rings. The first kappa shape index (κ1) is 17.2. The number of hydrogen-bond acceptors (Lipinski definition) is 3. The Kier molecular flexibility index (Phi) is 4.64. The fraction of sp³-hybridized carbons (Fsp3) is 0.190. The van der Waals surface area contributed by atoms with Crippen molar-refractivity contribution in [1.82, 2.24) is 0 Å². The van der Waals surface area contributed by atoms with Crippen LogP contribution < -0.4 is 5.73 Å². The highest BCUT2D eigenvalue weighted by Gasteiger charge is 2.51. The summed E-state index contributed by atoms with van der Waals surface area (Å²) in [6.45, 7) is 6.10.